The molecule has 1 aromatic carbocycles. The zero-order valence-corrected chi connectivity index (χ0v) is 14.1. The Bertz CT molecular complexity index is 994. The summed E-state index contributed by atoms with van der Waals surface area (Å²) in [5.74, 6) is -0.00739. The van der Waals surface area contributed by atoms with Gasteiger partial charge in [-0.25, -0.2) is 4.79 Å². The Morgan fingerprint density at radius 2 is 1.73 bits per heavy atom. The van der Waals surface area contributed by atoms with Crippen LogP contribution in [0.15, 0.2) is 51.9 Å². The maximum Gasteiger partial charge on any atom is 0.326 e. The van der Waals surface area contributed by atoms with Crippen molar-refractivity contribution in [3.8, 4) is 0 Å². The van der Waals surface area contributed by atoms with Crippen molar-refractivity contribution in [1.29, 1.82) is 0 Å². The first kappa shape index (κ1) is 16.2. The van der Waals surface area contributed by atoms with Crippen LogP contribution in [0, 0.1) is 0 Å². The van der Waals surface area contributed by atoms with Gasteiger partial charge in [-0.3, -0.25) is 14.2 Å². The number of carbonyl (C=O) groups excluding carboxylic acids is 2. The van der Waals surface area contributed by atoms with E-state index >= 15 is 0 Å². The van der Waals surface area contributed by atoms with Crippen LogP contribution in [0.2, 0.25) is 0 Å². The predicted octanol–water partition coefficient (Wildman–Crippen LogP) is 0.907. The molecule has 1 fully saturated rings. The lowest BCUT2D eigenvalue weighted by Gasteiger charge is -2.34. The van der Waals surface area contributed by atoms with E-state index in [1.54, 1.807) is 34.1 Å². The van der Waals surface area contributed by atoms with Crippen LogP contribution in [0.25, 0.3) is 11.0 Å². The second-order valence-electron chi connectivity index (χ2n) is 6.18. The van der Waals surface area contributed by atoms with Crippen molar-refractivity contribution in [3.63, 3.8) is 0 Å². The molecule has 1 N–H and O–H groups in total. The Morgan fingerprint density at radius 3 is 2.46 bits per heavy atom. The van der Waals surface area contributed by atoms with Crippen LogP contribution < -0.4 is 5.69 Å². The number of para-hydroxylation sites is 2. The molecule has 0 aliphatic carbocycles. The molecular formula is C18H18N4O4. The zero-order valence-electron chi connectivity index (χ0n) is 14.1. The summed E-state index contributed by atoms with van der Waals surface area (Å²) in [6, 6.07) is 10.6. The summed E-state index contributed by atoms with van der Waals surface area (Å²) in [6.45, 7) is 1.72. The summed E-state index contributed by atoms with van der Waals surface area (Å²) in [5.41, 5.74) is 1.11. The molecule has 0 saturated carbocycles. The minimum Gasteiger partial charge on any atom is -0.459 e. The minimum absolute atomic E-state index is 0.0189. The number of hydrogen-bond donors (Lipinski definition) is 1. The van der Waals surface area contributed by atoms with E-state index in [1.807, 2.05) is 12.1 Å². The average Bonchev–Trinajstić information content (AvgIpc) is 3.30. The molecule has 1 saturated heterocycles. The first-order valence-corrected chi connectivity index (χ1v) is 8.41. The molecule has 8 heteroatoms. The number of carbonyl (C=O) groups is 2. The second-order valence-corrected chi connectivity index (χ2v) is 6.18. The van der Waals surface area contributed by atoms with Crippen LogP contribution in [0.5, 0.6) is 0 Å². The fourth-order valence-corrected chi connectivity index (χ4v) is 3.21. The number of benzene rings is 1. The Morgan fingerprint density at radius 1 is 1.00 bits per heavy atom. The van der Waals surface area contributed by atoms with Crippen molar-refractivity contribution >= 4 is 22.8 Å². The van der Waals surface area contributed by atoms with Crippen molar-refractivity contribution in [1.82, 2.24) is 19.4 Å². The number of H-pyrrole nitrogens is 1. The number of amides is 2. The van der Waals surface area contributed by atoms with Crippen LogP contribution in [-0.2, 0) is 11.3 Å². The number of piperazine rings is 1. The van der Waals surface area contributed by atoms with E-state index < -0.39 is 0 Å². The van der Waals surface area contributed by atoms with Crippen LogP contribution in [0.1, 0.15) is 10.6 Å². The summed E-state index contributed by atoms with van der Waals surface area (Å²) in [6.07, 6.45) is 1.46. The quantitative estimate of drug-likeness (QED) is 0.757. The first-order valence-electron chi connectivity index (χ1n) is 8.41. The van der Waals surface area contributed by atoms with Gasteiger partial charge >= 0.3 is 5.69 Å². The third kappa shape index (κ3) is 2.90. The fraction of sp³-hybridized carbons (Fsp3) is 0.278. The first-order chi connectivity index (χ1) is 12.6. The highest BCUT2D eigenvalue weighted by atomic mass is 16.3. The second kappa shape index (κ2) is 6.55. The molecule has 26 heavy (non-hydrogen) atoms. The van der Waals surface area contributed by atoms with Crippen molar-refractivity contribution in [3.05, 3.63) is 58.9 Å². The van der Waals surface area contributed by atoms with Gasteiger partial charge in [-0.05, 0) is 24.3 Å². The van der Waals surface area contributed by atoms with E-state index in [2.05, 4.69) is 4.98 Å². The molecule has 8 nitrogen and oxygen atoms in total. The van der Waals surface area contributed by atoms with E-state index in [4.69, 9.17) is 4.42 Å². The summed E-state index contributed by atoms with van der Waals surface area (Å²) < 4.78 is 6.58. The molecule has 0 radical (unpaired) electrons. The third-order valence-corrected chi connectivity index (χ3v) is 4.63. The van der Waals surface area contributed by atoms with Crippen LogP contribution in [0.4, 0.5) is 0 Å². The average molecular weight is 354 g/mol. The summed E-state index contributed by atoms with van der Waals surface area (Å²) in [7, 11) is 0. The largest absolute Gasteiger partial charge is 0.459 e. The van der Waals surface area contributed by atoms with Crippen molar-refractivity contribution in [2.45, 2.75) is 6.54 Å². The number of aromatic nitrogens is 2. The van der Waals surface area contributed by atoms with E-state index in [9.17, 15) is 14.4 Å². The minimum atomic E-state index is -0.300. The van der Waals surface area contributed by atoms with Gasteiger partial charge in [0.05, 0.1) is 17.3 Å². The number of fused-ring (bicyclic) bond motifs is 1. The highest BCUT2D eigenvalue weighted by Crippen LogP contribution is 2.12. The van der Waals surface area contributed by atoms with Gasteiger partial charge in [0.25, 0.3) is 5.91 Å². The number of furan rings is 1. The predicted molar refractivity (Wildman–Crippen MR) is 93.8 cm³/mol. The maximum atomic E-state index is 12.6. The molecule has 3 aromatic rings. The molecule has 134 valence electrons. The molecule has 1 aliphatic heterocycles. The Kier molecular flexibility index (Phi) is 4.08. The summed E-state index contributed by atoms with van der Waals surface area (Å²) >= 11 is 0. The van der Waals surface area contributed by atoms with Crippen molar-refractivity contribution in [2.24, 2.45) is 0 Å². The van der Waals surface area contributed by atoms with Crippen LogP contribution in [0.3, 0.4) is 0 Å². The molecule has 2 aromatic heterocycles. The summed E-state index contributed by atoms with van der Waals surface area (Å²) in [5, 5.41) is 0. The van der Waals surface area contributed by atoms with E-state index in [0.29, 0.717) is 43.0 Å². The van der Waals surface area contributed by atoms with E-state index in [0.717, 1.165) is 0 Å². The Balaban J connectivity index is 1.41. The molecular weight excluding hydrogens is 336 g/mol. The van der Waals surface area contributed by atoms with Crippen molar-refractivity contribution in [2.75, 3.05) is 26.2 Å². The van der Waals surface area contributed by atoms with Crippen LogP contribution in [-0.4, -0.2) is 57.3 Å². The number of imidazole rings is 1. The van der Waals surface area contributed by atoms with Gasteiger partial charge in [-0.2, -0.15) is 0 Å². The Hall–Kier alpha value is -3.29. The van der Waals surface area contributed by atoms with Gasteiger partial charge < -0.3 is 19.2 Å². The SMILES string of the molecule is O=C(Cn1c(=O)[nH]c2ccccc21)N1CCN(C(=O)c2ccco2)CC1. The topological polar surface area (TPSA) is 91.5 Å². The molecule has 4 rings (SSSR count). The Labute approximate surface area is 148 Å². The smallest absolute Gasteiger partial charge is 0.326 e. The monoisotopic (exact) mass is 354 g/mol. The van der Waals surface area contributed by atoms with E-state index in [-0.39, 0.29) is 24.0 Å². The number of nitrogens with zero attached hydrogens (tertiary/aromatic N) is 3. The molecule has 2 amide bonds. The normalized spacial score (nSPS) is 14.8. The zero-order chi connectivity index (χ0) is 18.1. The highest BCUT2D eigenvalue weighted by Gasteiger charge is 2.26. The lowest BCUT2D eigenvalue weighted by Crippen LogP contribution is -2.51. The van der Waals surface area contributed by atoms with Gasteiger partial charge in [0.2, 0.25) is 5.91 Å². The van der Waals surface area contributed by atoms with Gasteiger partial charge in [0.15, 0.2) is 5.76 Å². The number of hydrogen-bond acceptors (Lipinski definition) is 4. The standard InChI is InChI=1S/C18H18N4O4/c23-16(12-22-14-5-2-1-4-13(14)19-18(22)25)20-7-9-21(10-8-20)17(24)15-6-3-11-26-15/h1-6,11H,7-10,12H2,(H,19,25). The molecule has 0 spiro atoms. The fourth-order valence-electron chi connectivity index (χ4n) is 3.21. The van der Waals surface area contributed by atoms with E-state index in [1.165, 1.54) is 10.8 Å². The molecule has 3 heterocycles. The van der Waals surface area contributed by atoms with Crippen molar-refractivity contribution < 1.29 is 14.0 Å². The van der Waals surface area contributed by atoms with Gasteiger partial charge in [0, 0.05) is 26.2 Å². The van der Waals surface area contributed by atoms with Crippen LogP contribution >= 0.6 is 0 Å². The van der Waals surface area contributed by atoms with Gasteiger partial charge in [0.1, 0.15) is 6.54 Å². The number of rotatable bonds is 3. The molecule has 0 bridgehead atoms. The molecule has 0 unspecified atom stereocenters. The molecule has 0 atom stereocenters. The van der Waals surface area contributed by atoms with Gasteiger partial charge in [-0.1, -0.05) is 12.1 Å². The van der Waals surface area contributed by atoms with Gasteiger partial charge in [-0.15, -0.1) is 0 Å². The number of nitrogens with one attached hydrogen (secondary N) is 1. The molecule has 1 aliphatic rings. The third-order valence-electron chi connectivity index (χ3n) is 4.63. The number of aromatic amines is 1. The summed E-state index contributed by atoms with van der Waals surface area (Å²) in [4.78, 5) is 43.1. The highest BCUT2D eigenvalue weighted by molar-refractivity contribution is 5.91. The lowest BCUT2D eigenvalue weighted by molar-refractivity contribution is -0.133. The maximum absolute atomic E-state index is 12.6. The lowest BCUT2D eigenvalue weighted by atomic mass is 10.2.